The van der Waals surface area contributed by atoms with E-state index in [-0.39, 0.29) is 13.0 Å². The molecule has 11 heteroatoms. The number of hydrogen-bond donors (Lipinski definition) is 3. The van der Waals surface area contributed by atoms with Crippen molar-refractivity contribution in [2.45, 2.75) is 129 Å². The molecule has 3 atom stereocenters. The van der Waals surface area contributed by atoms with E-state index in [1.807, 2.05) is 0 Å². The Bertz CT molecular complexity index is 1130. The largest absolute Gasteiger partial charge is 0.480 e. The fraction of sp³-hybridized carbons (Fsp3) is 0.600. The average molecular weight is 736 g/mol. The van der Waals surface area contributed by atoms with Gasteiger partial charge in [-0.25, -0.2) is 4.57 Å². The molecule has 0 aromatic heterocycles. The molecule has 0 aliphatic carbocycles. The minimum Gasteiger partial charge on any atom is -0.480 e. The first-order valence-corrected chi connectivity index (χ1v) is 20.1. The number of rotatable bonds is 34. The van der Waals surface area contributed by atoms with E-state index in [0.29, 0.717) is 13.0 Å². The monoisotopic (exact) mass is 735 g/mol. The number of ether oxygens (including phenoxy) is 2. The molecule has 3 unspecified atom stereocenters. The van der Waals surface area contributed by atoms with Crippen LogP contribution in [-0.2, 0) is 32.7 Å². The van der Waals surface area contributed by atoms with Gasteiger partial charge in [0.1, 0.15) is 12.1 Å². The number of phosphoric ester groups is 1. The van der Waals surface area contributed by atoms with E-state index in [1.165, 1.54) is 0 Å². The molecule has 10 nitrogen and oxygen atoms in total. The summed E-state index contributed by atoms with van der Waals surface area (Å²) in [6, 6.07) is -1.49. The summed E-state index contributed by atoms with van der Waals surface area (Å²) in [6.07, 6.45) is 43.7. The molecule has 0 aromatic rings. The highest BCUT2D eigenvalue weighted by atomic mass is 31.2. The van der Waals surface area contributed by atoms with Gasteiger partial charge in [-0.3, -0.25) is 18.6 Å². The Morgan fingerprint density at radius 2 is 1.08 bits per heavy atom. The van der Waals surface area contributed by atoms with Gasteiger partial charge in [-0.05, 0) is 77.0 Å². The Morgan fingerprint density at radius 1 is 0.627 bits per heavy atom. The van der Waals surface area contributed by atoms with Gasteiger partial charge >= 0.3 is 19.8 Å². The topological polar surface area (TPSA) is 155 Å². The van der Waals surface area contributed by atoms with Crippen molar-refractivity contribution >= 4 is 19.8 Å². The van der Waals surface area contributed by atoms with Crippen molar-refractivity contribution in [2.24, 2.45) is 5.73 Å². The molecule has 0 saturated heterocycles. The Hall–Kier alpha value is -2.85. The van der Waals surface area contributed by atoms with Crippen molar-refractivity contribution in [3.05, 3.63) is 85.1 Å². The van der Waals surface area contributed by atoms with E-state index in [2.05, 4.69) is 103 Å². The maximum atomic E-state index is 12.6. The van der Waals surface area contributed by atoms with Crippen molar-refractivity contribution in [1.82, 2.24) is 0 Å². The molecule has 0 aromatic carbocycles. The van der Waals surface area contributed by atoms with Crippen LogP contribution in [0.15, 0.2) is 85.1 Å². The summed E-state index contributed by atoms with van der Waals surface area (Å²) < 4.78 is 33.1. The molecule has 0 aliphatic rings. The van der Waals surface area contributed by atoms with Gasteiger partial charge in [-0.1, -0.05) is 118 Å². The smallest absolute Gasteiger partial charge is 0.472 e. The minimum absolute atomic E-state index is 0.0339. The van der Waals surface area contributed by atoms with Crippen LogP contribution in [0.1, 0.15) is 117 Å². The van der Waals surface area contributed by atoms with Crippen LogP contribution < -0.4 is 5.73 Å². The predicted octanol–water partition coefficient (Wildman–Crippen LogP) is 9.64. The highest BCUT2D eigenvalue weighted by Crippen LogP contribution is 2.43. The number of nitrogens with two attached hydrogens (primary N) is 1. The van der Waals surface area contributed by atoms with Gasteiger partial charge in [0.25, 0.3) is 0 Å². The van der Waals surface area contributed by atoms with E-state index in [4.69, 9.17) is 24.8 Å². The summed E-state index contributed by atoms with van der Waals surface area (Å²) in [7, 11) is -4.63. The first-order valence-electron chi connectivity index (χ1n) is 18.6. The lowest BCUT2D eigenvalue weighted by molar-refractivity contribution is -0.154. The van der Waals surface area contributed by atoms with Crippen molar-refractivity contribution in [3.63, 3.8) is 0 Å². The number of unbranched alkanes of at least 4 members (excludes halogenated alkanes) is 6. The minimum atomic E-state index is -4.63. The fourth-order valence-electron chi connectivity index (χ4n) is 4.33. The molecular formula is C40H66NO9P. The van der Waals surface area contributed by atoms with Crippen LogP contribution >= 0.6 is 7.82 Å². The molecule has 0 aliphatic heterocycles. The normalized spacial score (nSPS) is 15.1. The number of carboxylic acid groups (broad SMARTS) is 1. The number of allylic oxidation sites excluding steroid dienone is 14. The lowest BCUT2D eigenvalue weighted by atomic mass is 10.1. The quantitative estimate of drug-likeness (QED) is 0.0252. The van der Waals surface area contributed by atoms with Crippen LogP contribution in [-0.4, -0.2) is 60.5 Å². The Kier molecular flexibility index (Phi) is 33.6. The van der Waals surface area contributed by atoms with Crippen LogP contribution in [0.5, 0.6) is 0 Å². The zero-order chi connectivity index (χ0) is 37.7. The van der Waals surface area contributed by atoms with Gasteiger partial charge in [0.05, 0.1) is 19.8 Å². The SMILES string of the molecule is CC/C=C\C/C=C\C/C=C\C/C=C\CCCOCC(COP(=O)(O)OCC(N)C(=O)O)OC(=O)CCCCCCC/C=C\C/C=C\C/C=C\CC. The first-order chi connectivity index (χ1) is 24.7. The number of phosphoric acid groups is 1. The van der Waals surface area contributed by atoms with Crippen molar-refractivity contribution in [2.75, 3.05) is 26.4 Å². The van der Waals surface area contributed by atoms with E-state index in [9.17, 15) is 19.0 Å². The lowest BCUT2D eigenvalue weighted by Gasteiger charge is -2.20. The van der Waals surface area contributed by atoms with E-state index in [0.717, 1.165) is 89.9 Å². The Labute approximate surface area is 307 Å². The van der Waals surface area contributed by atoms with Gasteiger partial charge in [-0.15, -0.1) is 0 Å². The van der Waals surface area contributed by atoms with Crippen LogP contribution in [0, 0.1) is 0 Å². The molecule has 0 rings (SSSR count). The summed E-state index contributed by atoms with van der Waals surface area (Å²) in [5, 5.41) is 8.86. The Morgan fingerprint density at radius 3 is 1.61 bits per heavy atom. The summed E-state index contributed by atoms with van der Waals surface area (Å²) in [4.78, 5) is 33.4. The molecule has 0 heterocycles. The number of aliphatic carboxylic acids is 1. The molecule has 0 saturated carbocycles. The second-order valence-electron chi connectivity index (χ2n) is 11.9. The Balaban J connectivity index is 4.47. The molecule has 0 radical (unpaired) electrons. The third kappa shape index (κ3) is 35.3. The summed E-state index contributed by atoms with van der Waals surface area (Å²) in [5.41, 5.74) is 5.33. The van der Waals surface area contributed by atoms with Crippen molar-refractivity contribution in [3.8, 4) is 0 Å². The number of hydrogen-bond acceptors (Lipinski definition) is 8. The highest BCUT2D eigenvalue weighted by molar-refractivity contribution is 7.47. The van der Waals surface area contributed by atoms with Gasteiger partial charge in [-0.2, -0.15) is 0 Å². The van der Waals surface area contributed by atoms with Crippen LogP contribution in [0.25, 0.3) is 0 Å². The number of esters is 1. The molecule has 0 amide bonds. The lowest BCUT2D eigenvalue weighted by Crippen LogP contribution is -2.34. The standard InChI is InChI=1S/C40H66NO9P/c1-3-5-7-9-11-13-15-17-19-20-22-24-26-28-30-32-39(42)50-37(35-48-51(45,46)49-36-38(41)40(43)44)34-47-33-31-29-27-25-23-21-18-16-14-12-10-8-6-4-2/h5-8,11-14,17-19,21,25,27,37-38H,3-4,9-10,15-16,20,22-24,26,28-36,41H2,1-2H3,(H,43,44)(H,45,46)/b7-5-,8-6-,13-11-,14-12-,19-17-,21-18-,27-25-. The fourth-order valence-corrected chi connectivity index (χ4v) is 5.10. The third-order valence-electron chi connectivity index (χ3n) is 7.17. The summed E-state index contributed by atoms with van der Waals surface area (Å²) in [6.45, 7) is 3.44. The molecule has 290 valence electrons. The van der Waals surface area contributed by atoms with E-state index in [1.54, 1.807) is 0 Å². The molecule has 0 bridgehead atoms. The molecular weight excluding hydrogens is 669 g/mol. The zero-order valence-corrected chi connectivity index (χ0v) is 32.1. The molecule has 51 heavy (non-hydrogen) atoms. The number of carbonyl (C=O) groups excluding carboxylic acids is 1. The molecule has 0 fully saturated rings. The van der Waals surface area contributed by atoms with Gasteiger partial charge in [0.2, 0.25) is 0 Å². The highest BCUT2D eigenvalue weighted by Gasteiger charge is 2.27. The number of carbonyl (C=O) groups is 2. The third-order valence-corrected chi connectivity index (χ3v) is 8.12. The predicted molar refractivity (Wildman–Crippen MR) is 207 cm³/mol. The maximum Gasteiger partial charge on any atom is 0.472 e. The second-order valence-corrected chi connectivity index (χ2v) is 13.4. The average Bonchev–Trinajstić information content (AvgIpc) is 3.10. The maximum absolute atomic E-state index is 12.6. The van der Waals surface area contributed by atoms with E-state index < -0.39 is 45.1 Å². The van der Waals surface area contributed by atoms with Crippen molar-refractivity contribution in [1.29, 1.82) is 0 Å². The molecule has 4 N–H and O–H groups in total. The number of carboxylic acids is 1. The van der Waals surface area contributed by atoms with Crippen LogP contribution in [0.3, 0.4) is 0 Å². The summed E-state index contributed by atoms with van der Waals surface area (Å²) >= 11 is 0. The second kappa shape index (κ2) is 35.5. The first kappa shape index (κ1) is 48.1. The zero-order valence-electron chi connectivity index (χ0n) is 31.2. The molecule has 0 spiro atoms. The van der Waals surface area contributed by atoms with Crippen LogP contribution in [0.4, 0.5) is 0 Å². The van der Waals surface area contributed by atoms with Crippen LogP contribution in [0.2, 0.25) is 0 Å². The summed E-state index contributed by atoms with van der Waals surface area (Å²) in [5.74, 6) is -1.83. The van der Waals surface area contributed by atoms with Gasteiger partial charge in [0, 0.05) is 13.0 Å². The van der Waals surface area contributed by atoms with Gasteiger partial charge in [0.15, 0.2) is 0 Å². The van der Waals surface area contributed by atoms with Gasteiger partial charge < -0.3 is 25.2 Å². The van der Waals surface area contributed by atoms with E-state index >= 15 is 0 Å². The van der Waals surface area contributed by atoms with Crippen molar-refractivity contribution < 1.29 is 42.7 Å².